The largest absolute Gasteiger partial charge is 0.316 e. The van der Waals surface area contributed by atoms with Crippen LogP contribution in [0, 0.1) is 0 Å². The van der Waals surface area contributed by atoms with Crippen LogP contribution in [0.1, 0.15) is 12.5 Å². The van der Waals surface area contributed by atoms with E-state index in [1.807, 2.05) is 0 Å². The van der Waals surface area contributed by atoms with Crippen molar-refractivity contribution < 1.29 is 0 Å². The van der Waals surface area contributed by atoms with Gasteiger partial charge in [0.25, 0.3) is 0 Å². The molecular weight excluding hydrogens is 508 g/mol. The molecule has 2 atom stereocenters. The van der Waals surface area contributed by atoms with E-state index in [1.54, 1.807) is 0 Å². The molecule has 0 aromatic heterocycles. The van der Waals surface area contributed by atoms with Gasteiger partial charge in [-0.3, -0.25) is 4.99 Å². The van der Waals surface area contributed by atoms with Crippen LogP contribution < -0.4 is 4.90 Å². The highest BCUT2D eigenvalue weighted by Crippen LogP contribution is 2.48. The molecule has 6 aromatic rings. The fraction of sp³-hybridized carbons (Fsp3) is 0.0750. The van der Waals surface area contributed by atoms with Crippen molar-refractivity contribution >= 4 is 33.1 Å². The molecule has 0 fully saturated rings. The van der Waals surface area contributed by atoms with E-state index in [4.69, 9.17) is 4.99 Å². The van der Waals surface area contributed by atoms with Crippen LogP contribution in [0.25, 0.3) is 54.9 Å². The summed E-state index contributed by atoms with van der Waals surface area (Å²) in [6.07, 6.45) is 8.79. The van der Waals surface area contributed by atoms with E-state index in [9.17, 15) is 0 Å². The van der Waals surface area contributed by atoms with E-state index in [2.05, 4.69) is 157 Å². The maximum Gasteiger partial charge on any atom is 0.137 e. The number of hydrogen-bond acceptors (Lipinski definition) is 2. The van der Waals surface area contributed by atoms with Crippen LogP contribution in [-0.2, 0) is 0 Å². The van der Waals surface area contributed by atoms with E-state index in [-0.39, 0.29) is 11.6 Å². The SMILES string of the molecule is C[C@@]12C=CC=CC1N1C(=N2)c2ccc(-c3ccc4cc(-c5ccc6ccccc6c5)ccc4c3)cc2-c2ccccc21. The zero-order valence-corrected chi connectivity index (χ0v) is 23.3. The van der Waals surface area contributed by atoms with Gasteiger partial charge >= 0.3 is 0 Å². The molecule has 2 heterocycles. The second-order valence-corrected chi connectivity index (χ2v) is 11.8. The molecule has 2 heteroatoms. The average Bonchev–Trinajstić information content (AvgIpc) is 3.37. The molecule has 42 heavy (non-hydrogen) atoms. The highest BCUT2D eigenvalue weighted by atomic mass is 15.3. The molecule has 198 valence electrons. The van der Waals surface area contributed by atoms with E-state index < -0.39 is 0 Å². The maximum absolute atomic E-state index is 5.30. The van der Waals surface area contributed by atoms with Gasteiger partial charge in [-0.25, -0.2) is 0 Å². The first kappa shape index (κ1) is 23.5. The quantitative estimate of drug-likeness (QED) is 0.215. The van der Waals surface area contributed by atoms with Crippen molar-refractivity contribution in [1.29, 1.82) is 0 Å². The number of para-hydroxylation sites is 1. The lowest BCUT2D eigenvalue weighted by Gasteiger charge is -2.37. The molecule has 0 spiro atoms. The third-order valence-electron chi connectivity index (χ3n) is 9.26. The van der Waals surface area contributed by atoms with E-state index in [0.717, 1.165) is 5.84 Å². The van der Waals surface area contributed by atoms with E-state index >= 15 is 0 Å². The first-order valence-corrected chi connectivity index (χ1v) is 14.7. The van der Waals surface area contributed by atoms with Gasteiger partial charge in [-0.1, -0.05) is 115 Å². The van der Waals surface area contributed by atoms with Gasteiger partial charge < -0.3 is 4.90 Å². The molecule has 1 aliphatic carbocycles. The number of hydrogen-bond donors (Lipinski definition) is 0. The lowest BCUT2D eigenvalue weighted by Crippen LogP contribution is -2.45. The Labute approximate surface area is 245 Å². The fourth-order valence-corrected chi connectivity index (χ4v) is 7.06. The topological polar surface area (TPSA) is 15.6 Å². The zero-order chi connectivity index (χ0) is 27.8. The Morgan fingerprint density at radius 1 is 0.548 bits per heavy atom. The third kappa shape index (κ3) is 3.42. The predicted molar refractivity (Wildman–Crippen MR) is 177 cm³/mol. The Kier molecular flexibility index (Phi) is 4.83. The second kappa shape index (κ2) is 8.64. The Morgan fingerprint density at radius 3 is 1.90 bits per heavy atom. The molecule has 0 saturated carbocycles. The number of nitrogens with zero attached hydrogens (tertiary/aromatic N) is 2. The second-order valence-electron chi connectivity index (χ2n) is 11.8. The molecule has 2 aliphatic heterocycles. The average molecular weight is 537 g/mol. The minimum Gasteiger partial charge on any atom is -0.316 e. The molecular formula is C40H28N2. The highest BCUT2D eigenvalue weighted by Gasteiger charge is 2.46. The summed E-state index contributed by atoms with van der Waals surface area (Å²) in [5, 5.41) is 5.04. The number of allylic oxidation sites excluding steroid dienone is 2. The molecule has 0 amide bonds. The van der Waals surface area contributed by atoms with Gasteiger partial charge in [0.05, 0.1) is 11.7 Å². The van der Waals surface area contributed by atoms with Crippen molar-refractivity contribution in [3.63, 3.8) is 0 Å². The third-order valence-corrected chi connectivity index (χ3v) is 9.26. The van der Waals surface area contributed by atoms with Crippen molar-refractivity contribution in [1.82, 2.24) is 0 Å². The summed E-state index contributed by atoms with van der Waals surface area (Å²) >= 11 is 0. The summed E-state index contributed by atoms with van der Waals surface area (Å²) in [6.45, 7) is 2.24. The summed E-state index contributed by atoms with van der Waals surface area (Å²) in [7, 11) is 0. The van der Waals surface area contributed by atoms with Crippen molar-refractivity contribution in [3.05, 3.63) is 151 Å². The highest BCUT2D eigenvalue weighted by molar-refractivity contribution is 6.21. The van der Waals surface area contributed by atoms with Crippen molar-refractivity contribution in [2.45, 2.75) is 18.5 Å². The molecule has 0 N–H and O–H groups in total. The normalized spacial score (nSPS) is 19.8. The minimum absolute atomic E-state index is 0.187. The summed E-state index contributed by atoms with van der Waals surface area (Å²) in [5.41, 5.74) is 9.62. The monoisotopic (exact) mass is 536 g/mol. The van der Waals surface area contributed by atoms with Crippen molar-refractivity contribution in [3.8, 4) is 33.4 Å². The van der Waals surface area contributed by atoms with Crippen molar-refractivity contribution in [2.75, 3.05) is 4.90 Å². The Morgan fingerprint density at radius 2 is 1.14 bits per heavy atom. The van der Waals surface area contributed by atoms with Gasteiger partial charge in [-0.15, -0.1) is 0 Å². The number of benzene rings is 6. The first-order valence-electron chi connectivity index (χ1n) is 14.7. The standard InChI is InChI=1S/C40H28N2/c1-40-21-7-6-12-38(40)42-37-11-5-4-10-34(37)36-25-33(19-20-35(36)39(42)41-40)32-18-17-30-23-29(15-16-31(30)24-32)28-14-13-26-8-2-3-9-27(26)22-28/h2-25,38H,1H3/t38?,40-/m1/s1. The lowest BCUT2D eigenvalue weighted by atomic mass is 9.86. The van der Waals surface area contributed by atoms with Gasteiger partial charge in [0.15, 0.2) is 0 Å². The Hall–Kier alpha value is -5.21. The van der Waals surface area contributed by atoms with Gasteiger partial charge in [0.2, 0.25) is 0 Å². The summed E-state index contributed by atoms with van der Waals surface area (Å²) < 4.78 is 0. The maximum atomic E-state index is 5.30. The smallest absolute Gasteiger partial charge is 0.137 e. The molecule has 3 aliphatic rings. The zero-order valence-electron chi connectivity index (χ0n) is 23.3. The molecule has 2 nitrogen and oxygen atoms in total. The van der Waals surface area contributed by atoms with Crippen LogP contribution in [0.3, 0.4) is 0 Å². The summed E-state index contributed by atoms with van der Waals surface area (Å²) in [4.78, 5) is 7.73. The van der Waals surface area contributed by atoms with Crippen LogP contribution in [0.2, 0.25) is 0 Å². The molecule has 0 saturated heterocycles. The van der Waals surface area contributed by atoms with Crippen LogP contribution in [0.5, 0.6) is 0 Å². The Balaban J connectivity index is 1.12. The number of amidine groups is 1. The van der Waals surface area contributed by atoms with Gasteiger partial charge in [-0.2, -0.15) is 0 Å². The summed E-state index contributed by atoms with van der Waals surface area (Å²) in [5.74, 6) is 1.07. The fourth-order valence-electron chi connectivity index (χ4n) is 7.06. The molecule has 0 radical (unpaired) electrons. The molecule has 1 unspecified atom stereocenters. The Bertz CT molecular complexity index is 2180. The minimum atomic E-state index is -0.262. The van der Waals surface area contributed by atoms with E-state index in [1.165, 1.54) is 66.2 Å². The van der Waals surface area contributed by atoms with E-state index in [0.29, 0.717) is 0 Å². The molecule has 9 rings (SSSR count). The number of aliphatic imine (C=N–C) groups is 1. The van der Waals surface area contributed by atoms with Crippen LogP contribution in [0.15, 0.2) is 151 Å². The number of anilines is 1. The van der Waals surface area contributed by atoms with Crippen LogP contribution in [0.4, 0.5) is 5.69 Å². The lowest BCUT2D eigenvalue weighted by molar-refractivity contribution is 0.550. The summed E-state index contributed by atoms with van der Waals surface area (Å²) in [6, 6.07) is 44.8. The first-order chi connectivity index (χ1) is 20.6. The van der Waals surface area contributed by atoms with Crippen molar-refractivity contribution in [2.24, 2.45) is 4.99 Å². The predicted octanol–water partition coefficient (Wildman–Crippen LogP) is 9.83. The van der Waals surface area contributed by atoms with Crippen LogP contribution >= 0.6 is 0 Å². The van der Waals surface area contributed by atoms with Crippen LogP contribution in [-0.4, -0.2) is 17.4 Å². The molecule has 6 aromatic carbocycles. The van der Waals surface area contributed by atoms with Gasteiger partial charge in [-0.05, 0) is 86.6 Å². The number of fused-ring (bicyclic) bond motifs is 10. The molecule has 0 bridgehead atoms. The van der Waals surface area contributed by atoms with Gasteiger partial charge in [0.1, 0.15) is 11.4 Å². The number of rotatable bonds is 2. The van der Waals surface area contributed by atoms with Gasteiger partial charge in [0, 0.05) is 11.1 Å².